The first-order valence-electron chi connectivity index (χ1n) is 7.37. The highest BCUT2D eigenvalue weighted by Crippen LogP contribution is 2.12. The number of carbonyl (C=O) groups is 3. The van der Waals surface area contributed by atoms with Gasteiger partial charge in [-0.1, -0.05) is 13.0 Å². The van der Waals surface area contributed by atoms with E-state index in [0.29, 0.717) is 6.07 Å². The third-order valence-electron chi connectivity index (χ3n) is 3.28. The normalized spacial score (nSPS) is 13.0. The van der Waals surface area contributed by atoms with Gasteiger partial charge in [-0.05, 0) is 25.0 Å². The summed E-state index contributed by atoms with van der Waals surface area (Å²) in [7, 11) is 0. The number of rotatable bonds is 8. The molecule has 1 amide bonds. The molecule has 0 saturated carbocycles. The lowest BCUT2D eigenvalue weighted by Gasteiger charge is -2.18. The van der Waals surface area contributed by atoms with Crippen molar-refractivity contribution in [2.75, 3.05) is 6.61 Å². The van der Waals surface area contributed by atoms with Crippen molar-refractivity contribution in [3.8, 4) is 0 Å². The molecule has 0 heterocycles. The Labute approximate surface area is 137 Å². The van der Waals surface area contributed by atoms with Crippen molar-refractivity contribution in [3.63, 3.8) is 0 Å². The van der Waals surface area contributed by atoms with Gasteiger partial charge in [0.1, 0.15) is 17.7 Å². The quantitative estimate of drug-likeness (QED) is 0.701. The molecular weight excluding hydrogens is 324 g/mol. The Morgan fingerprint density at radius 1 is 1.29 bits per heavy atom. The zero-order valence-electron chi connectivity index (χ0n) is 13.3. The fourth-order valence-corrected chi connectivity index (χ4v) is 2.04. The second-order valence-corrected chi connectivity index (χ2v) is 5.26. The van der Waals surface area contributed by atoms with E-state index in [1.165, 1.54) is 6.92 Å². The first-order valence-corrected chi connectivity index (χ1v) is 7.37. The second-order valence-electron chi connectivity index (χ2n) is 5.26. The van der Waals surface area contributed by atoms with E-state index in [0.717, 1.165) is 12.1 Å². The van der Waals surface area contributed by atoms with Gasteiger partial charge in [-0.15, -0.1) is 0 Å². The summed E-state index contributed by atoms with van der Waals surface area (Å²) in [5.41, 5.74) is -0.0588. The number of carbonyl (C=O) groups excluding carboxylic acids is 2. The zero-order chi connectivity index (χ0) is 18.3. The van der Waals surface area contributed by atoms with E-state index < -0.39 is 47.9 Å². The van der Waals surface area contributed by atoms with Crippen molar-refractivity contribution in [1.29, 1.82) is 0 Å². The summed E-state index contributed by atoms with van der Waals surface area (Å²) in [6, 6.07) is 1.44. The van der Waals surface area contributed by atoms with E-state index in [1.807, 2.05) is 0 Å². The molecule has 0 spiro atoms. The van der Waals surface area contributed by atoms with Crippen LogP contribution in [0.2, 0.25) is 0 Å². The van der Waals surface area contributed by atoms with Crippen LogP contribution in [-0.2, 0) is 25.5 Å². The molecule has 0 bridgehead atoms. The van der Waals surface area contributed by atoms with E-state index in [4.69, 9.17) is 9.84 Å². The molecule has 0 aliphatic carbocycles. The number of carboxylic acid groups (broad SMARTS) is 1. The lowest BCUT2D eigenvalue weighted by molar-refractivity contribution is -0.149. The van der Waals surface area contributed by atoms with Crippen molar-refractivity contribution in [3.05, 3.63) is 35.4 Å². The highest BCUT2D eigenvalue weighted by molar-refractivity contribution is 5.85. The van der Waals surface area contributed by atoms with Gasteiger partial charge in [0.05, 0.1) is 18.9 Å². The molecule has 24 heavy (non-hydrogen) atoms. The Kier molecular flexibility index (Phi) is 7.29. The zero-order valence-corrected chi connectivity index (χ0v) is 13.3. The molecule has 2 atom stereocenters. The third kappa shape index (κ3) is 5.94. The maximum atomic E-state index is 13.5. The van der Waals surface area contributed by atoms with Crippen LogP contribution < -0.4 is 5.32 Å². The van der Waals surface area contributed by atoms with Crippen LogP contribution in [0, 0.1) is 17.6 Å². The van der Waals surface area contributed by atoms with Crippen LogP contribution in [0.5, 0.6) is 0 Å². The standard InChI is InChI=1S/C16H19F2NO5/c1-3-24-16(23)9(2)6-13(15(21)22)19-14(20)7-10-4-5-11(17)8-12(10)18/h4-5,8-9,13H,3,6-7H2,1-2H3,(H,19,20)(H,21,22)/t9-,13-/m1/s1. The highest BCUT2D eigenvalue weighted by atomic mass is 19.1. The van der Waals surface area contributed by atoms with Crippen molar-refractivity contribution < 1.29 is 33.0 Å². The Morgan fingerprint density at radius 3 is 2.50 bits per heavy atom. The average molecular weight is 343 g/mol. The molecule has 0 aliphatic rings. The van der Waals surface area contributed by atoms with Crippen molar-refractivity contribution in [2.24, 2.45) is 5.92 Å². The van der Waals surface area contributed by atoms with Gasteiger partial charge in [-0.3, -0.25) is 9.59 Å². The van der Waals surface area contributed by atoms with Gasteiger partial charge in [0.15, 0.2) is 0 Å². The molecule has 0 saturated heterocycles. The van der Waals surface area contributed by atoms with Gasteiger partial charge in [-0.25, -0.2) is 13.6 Å². The van der Waals surface area contributed by atoms with Crippen molar-refractivity contribution in [1.82, 2.24) is 5.32 Å². The maximum absolute atomic E-state index is 13.5. The van der Waals surface area contributed by atoms with Crippen LogP contribution in [0.25, 0.3) is 0 Å². The number of benzene rings is 1. The topological polar surface area (TPSA) is 92.7 Å². The first kappa shape index (κ1) is 19.5. The van der Waals surface area contributed by atoms with Crippen molar-refractivity contribution >= 4 is 17.8 Å². The molecule has 1 aromatic carbocycles. The van der Waals surface area contributed by atoms with Gasteiger partial charge in [0.25, 0.3) is 0 Å². The minimum absolute atomic E-state index is 0.0588. The second kappa shape index (κ2) is 8.95. The number of amides is 1. The molecule has 2 N–H and O–H groups in total. The summed E-state index contributed by atoms with van der Waals surface area (Å²) >= 11 is 0. The minimum Gasteiger partial charge on any atom is -0.480 e. The van der Waals surface area contributed by atoms with Crippen LogP contribution >= 0.6 is 0 Å². The summed E-state index contributed by atoms with van der Waals surface area (Å²) in [5, 5.41) is 11.4. The largest absolute Gasteiger partial charge is 0.480 e. The van der Waals surface area contributed by atoms with Crippen LogP contribution in [0.3, 0.4) is 0 Å². The molecule has 0 fully saturated rings. The lowest BCUT2D eigenvalue weighted by atomic mass is 10.0. The average Bonchev–Trinajstić information content (AvgIpc) is 2.49. The van der Waals surface area contributed by atoms with Gasteiger partial charge in [0.2, 0.25) is 5.91 Å². The monoisotopic (exact) mass is 343 g/mol. The first-order chi connectivity index (χ1) is 11.2. The smallest absolute Gasteiger partial charge is 0.326 e. The highest BCUT2D eigenvalue weighted by Gasteiger charge is 2.26. The summed E-state index contributed by atoms with van der Waals surface area (Å²) in [4.78, 5) is 34.7. The van der Waals surface area contributed by atoms with Gasteiger partial charge in [-0.2, -0.15) is 0 Å². The van der Waals surface area contributed by atoms with Crippen LogP contribution in [-0.4, -0.2) is 35.6 Å². The maximum Gasteiger partial charge on any atom is 0.326 e. The molecule has 0 aliphatic heterocycles. The summed E-state index contributed by atoms with van der Waals surface area (Å²) in [5.74, 6) is -5.03. The molecule has 1 aromatic rings. The summed E-state index contributed by atoms with van der Waals surface area (Å²) < 4.78 is 31.1. The number of esters is 1. The van der Waals surface area contributed by atoms with Gasteiger partial charge in [0, 0.05) is 6.07 Å². The molecule has 0 aromatic heterocycles. The molecule has 8 heteroatoms. The summed E-state index contributed by atoms with van der Waals surface area (Å²) in [6.45, 7) is 3.27. The van der Waals surface area contributed by atoms with E-state index >= 15 is 0 Å². The fourth-order valence-electron chi connectivity index (χ4n) is 2.04. The molecule has 1 rings (SSSR count). The number of aliphatic carboxylic acids is 1. The van der Waals surface area contributed by atoms with Crippen LogP contribution in [0.1, 0.15) is 25.8 Å². The SMILES string of the molecule is CCOC(=O)[C@H](C)C[C@@H](NC(=O)Cc1ccc(F)cc1F)C(=O)O. The van der Waals surface area contributed by atoms with Crippen LogP contribution in [0.4, 0.5) is 8.78 Å². The number of ether oxygens (including phenoxy) is 1. The molecule has 6 nitrogen and oxygen atoms in total. The van der Waals surface area contributed by atoms with Gasteiger partial charge >= 0.3 is 11.9 Å². The Balaban J connectivity index is 2.69. The lowest BCUT2D eigenvalue weighted by Crippen LogP contribution is -2.43. The number of halogens is 2. The number of nitrogens with one attached hydrogen (secondary N) is 1. The molecular formula is C16H19F2NO5. The van der Waals surface area contributed by atoms with E-state index in [-0.39, 0.29) is 18.6 Å². The Morgan fingerprint density at radius 2 is 1.96 bits per heavy atom. The Hall–Kier alpha value is -2.51. The number of hydrogen-bond acceptors (Lipinski definition) is 4. The summed E-state index contributed by atoms with van der Waals surface area (Å²) in [6.07, 6.45) is -0.602. The predicted octanol–water partition coefficient (Wildman–Crippen LogP) is 1.67. The van der Waals surface area contributed by atoms with Gasteiger partial charge < -0.3 is 15.2 Å². The van der Waals surface area contributed by atoms with Crippen LogP contribution in [0.15, 0.2) is 18.2 Å². The number of hydrogen-bond donors (Lipinski definition) is 2. The Bertz CT molecular complexity index is 620. The van der Waals surface area contributed by atoms with Crippen molar-refractivity contribution in [2.45, 2.75) is 32.7 Å². The van der Waals surface area contributed by atoms with E-state index in [9.17, 15) is 23.2 Å². The number of carboxylic acids is 1. The minimum atomic E-state index is -1.32. The van der Waals surface area contributed by atoms with E-state index in [1.54, 1.807) is 6.92 Å². The van der Waals surface area contributed by atoms with E-state index in [2.05, 4.69) is 5.32 Å². The molecule has 0 radical (unpaired) electrons. The fraction of sp³-hybridized carbons (Fsp3) is 0.438. The third-order valence-corrected chi connectivity index (χ3v) is 3.28. The molecule has 132 valence electrons. The molecule has 0 unspecified atom stereocenters. The predicted molar refractivity (Wildman–Crippen MR) is 80.0 cm³/mol.